The van der Waals surface area contributed by atoms with Crippen LogP contribution in [0.5, 0.6) is 0 Å². The molecule has 1 amide bonds. The van der Waals surface area contributed by atoms with Gasteiger partial charge < -0.3 is 10.2 Å². The lowest BCUT2D eigenvalue weighted by Crippen LogP contribution is -2.41. The van der Waals surface area contributed by atoms with Crippen molar-refractivity contribution in [1.29, 1.82) is 0 Å². The molecule has 6 nitrogen and oxygen atoms in total. The molecule has 3 aromatic carbocycles. The van der Waals surface area contributed by atoms with E-state index >= 15 is 0 Å². The van der Waals surface area contributed by atoms with Crippen LogP contribution in [0, 0.1) is 0 Å². The molecule has 1 aliphatic rings. The van der Waals surface area contributed by atoms with Gasteiger partial charge in [0.25, 0.3) is 5.91 Å². The Bertz CT molecular complexity index is 1240. The van der Waals surface area contributed by atoms with Crippen LogP contribution in [-0.2, 0) is 29.4 Å². The molecule has 1 heterocycles. The number of rotatable bonds is 8. The summed E-state index contributed by atoms with van der Waals surface area (Å²) in [6, 6.07) is 24.5. The number of likely N-dealkylation sites (N-methyl/N-ethyl adjacent to an activating group) is 1. The van der Waals surface area contributed by atoms with Crippen LogP contribution in [0.4, 0.5) is 0 Å². The van der Waals surface area contributed by atoms with Crippen molar-refractivity contribution in [2.24, 2.45) is 0 Å². The quantitative estimate of drug-likeness (QED) is 0.540. The lowest BCUT2D eigenvalue weighted by molar-refractivity contribution is 0.0941. The van der Waals surface area contributed by atoms with Crippen molar-refractivity contribution in [3.63, 3.8) is 0 Å². The summed E-state index contributed by atoms with van der Waals surface area (Å²) in [5.74, 6) is -0.277. The first-order valence-electron chi connectivity index (χ1n) is 11.5. The molecule has 0 spiro atoms. The number of hydrogen-bond acceptors (Lipinski definition) is 4. The average Bonchev–Trinajstić information content (AvgIpc) is 2.86. The molecule has 0 radical (unpaired) electrons. The molecule has 7 heteroatoms. The number of nitrogens with one attached hydrogen (secondary N) is 1. The van der Waals surface area contributed by atoms with E-state index in [4.69, 9.17) is 0 Å². The van der Waals surface area contributed by atoms with Gasteiger partial charge in [0, 0.05) is 31.2 Å². The highest BCUT2D eigenvalue weighted by atomic mass is 32.2. The van der Waals surface area contributed by atoms with E-state index in [1.807, 2.05) is 56.6 Å². The molecule has 4 rings (SSSR count). The Kier molecular flexibility index (Phi) is 7.46. The molecule has 0 aromatic heterocycles. The molecule has 1 unspecified atom stereocenters. The Labute approximate surface area is 202 Å². The fourth-order valence-electron chi connectivity index (χ4n) is 4.26. The van der Waals surface area contributed by atoms with Gasteiger partial charge >= 0.3 is 0 Å². The average molecular weight is 478 g/mol. The predicted octanol–water partition coefficient (Wildman–Crippen LogP) is 3.34. The zero-order valence-corrected chi connectivity index (χ0v) is 20.5. The number of carbonyl (C=O) groups excluding carboxylic acids is 1. The number of amides is 1. The number of hydrogen-bond donors (Lipinski definition) is 1. The second-order valence-electron chi connectivity index (χ2n) is 8.90. The van der Waals surface area contributed by atoms with E-state index in [2.05, 4.69) is 22.3 Å². The first kappa shape index (κ1) is 24.1. The van der Waals surface area contributed by atoms with Crippen molar-refractivity contribution in [2.75, 3.05) is 27.2 Å². The molecular weight excluding hydrogens is 446 g/mol. The van der Waals surface area contributed by atoms with E-state index in [1.54, 1.807) is 18.2 Å². The van der Waals surface area contributed by atoms with Gasteiger partial charge in [0.2, 0.25) is 10.0 Å². The van der Waals surface area contributed by atoms with Crippen LogP contribution < -0.4 is 5.32 Å². The number of sulfonamides is 1. The third-order valence-corrected chi connectivity index (χ3v) is 8.21. The minimum absolute atomic E-state index is 0.117. The van der Waals surface area contributed by atoms with Gasteiger partial charge in [0.15, 0.2) is 0 Å². The van der Waals surface area contributed by atoms with Crippen molar-refractivity contribution in [2.45, 2.75) is 30.3 Å². The van der Waals surface area contributed by atoms with E-state index in [-0.39, 0.29) is 16.8 Å². The maximum absolute atomic E-state index is 13.3. The highest BCUT2D eigenvalue weighted by Gasteiger charge is 2.28. The fraction of sp³-hybridized carbons (Fsp3) is 0.296. The highest BCUT2D eigenvalue weighted by Crippen LogP contribution is 2.25. The SMILES string of the molecule is CN(C)C(CNC(=O)c1cccc(S(=O)(=O)N2CCc3ccccc3C2)c1)Cc1ccccc1. The van der Waals surface area contributed by atoms with Gasteiger partial charge in [0.1, 0.15) is 0 Å². The van der Waals surface area contributed by atoms with E-state index < -0.39 is 10.0 Å². The largest absolute Gasteiger partial charge is 0.350 e. The van der Waals surface area contributed by atoms with Crippen LogP contribution in [0.25, 0.3) is 0 Å². The first-order valence-corrected chi connectivity index (χ1v) is 12.9. The summed E-state index contributed by atoms with van der Waals surface area (Å²) in [7, 11) is 0.279. The number of nitrogens with zero attached hydrogens (tertiary/aromatic N) is 2. The molecule has 0 saturated heterocycles. The van der Waals surface area contributed by atoms with Gasteiger partial charge in [-0.25, -0.2) is 8.42 Å². The van der Waals surface area contributed by atoms with Gasteiger partial charge in [-0.1, -0.05) is 60.7 Å². The smallest absolute Gasteiger partial charge is 0.251 e. The third kappa shape index (κ3) is 5.55. The third-order valence-electron chi connectivity index (χ3n) is 6.37. The minimum Gasteiger partial charge on any atom is -0.350 e. The molecule has 0 fully saturated rings. The van der Waals surface area contributed by atoms with Crippen LogP contribution in [0.15, 0.2) is 83.8 Å². The maximum Gasteiger partial charge on any atom is 0.251 e. The topological polar surface area (TPSA) is 69.7 Å². The molecule has 0 saturated carbocycles. The van der Waals surface area contributed by atoms with Crippen molar-refractivity contribution < 1.29 is 13.2 Å². The molecule has 3 aromatic rings. The van der Waals surface area contributed by atoms with Crippen molar-refractivity contribution in [3.05, 3.63) is 101 Å². The second kappa shape index (κ2) is 10.5. The molecule has 34 heavy (non-hydrogen) atoms. The van der Waals surface area contributed by atoms with Gasteiger partial charge in [-0.05, 0) is 61.8 Å². The summed E-state index contributed by atoms with van der Waals surface area (Å²) in [5, 5.41) is 2.98. The zero-order chi connectivity index (χ0) is 24.1. The lowest BCUT2D eigenvalue weighted by atomic mass is 10.0. The van der Waals surface area contributed by atoms with Gasteiger partial charge in [-0.3, -0.25) is 4.79 Å². The van der Waals surface area contributed by atoms with Crippen LogP contribution in [0.3, 0.4) is 0 Å². The van der Waals surface area contributed by atoms with Gasteiger partial charge in [-0.15, -0.1) is 0 Å². The van der Waals surface area contributed by atoms with Crippen LogP contribution in [0.1, 0.15) is 27.0 Å². The molecule has 1 atom stereocenters. The van der Waals surface area contributed by atoms with E-state index in [0.29, 0.717) is 31.6 Å². The van der Waals surface area contributed by atoms with Crippen LogP contribution in [0.2, 0.25) is 0 Å². The Morgan fingerprint density at radius 1 is 0.971 bits per heavy atom. The monoisotopic (exact) mass is 477 g/mol. The van der Waals surface area contributed by atoms with Crippen molar-refractivity contribution >= 4 is 15.9 Å². The van der Waals surface area contributed by atoms with Crippen molar-refractivity contribution in [1.82, 2.24) is 14.5 Å². The van der Waals surface area contributed by atoms with Crippen LogP contribution >= 0.6 is 0 Å². The Hall–Kier alpha value is -3.00. The molecular formula is C27H31N3O3S. The Morgan fingerprint density at radius 3 is 2.41 bits per heavy atom. The summed E-state index contributed by atoms with van der Waals surface area (Å²) in [5.41, 5.74) is 3.76. The number of carbonyl (C=O) groups is 1. The van der Waals surface area contributed by atoms with Crippen molar-refractivity contribution in [3.8, 4) is 0 Å². The summed E-state index contributed by atoms with van der Waals surface area (Å²) in [6.45, 7) is 1.24. The summed E-state index contributed by atoms with van der Waals surface area (Å²) >= 11 is 0. The highest BCUT2D eigenvalue weighted by molar-refractivity contribution is 7.89. The van der Waals surface area contributed by atoms with E-state index in [9.17, 15) is 13.2 Å². The summed E-state index contributed by atoms with van der Waals surface area (Å²) in [4.78, 5) is 15.1. The Morgan fingerprint density at radius 2 is 1.68 bits per heavy atom. The summed E-state index contributed by atoms with van der Waals surface area (Å²) < 4.78 is 28.1. The maximum atomic E-state index is 13.3. The first-order chi connectivity index (χ1) is 16.3. The van der Waals surface area contributed by atoms with E-state index in [1.165, 1.54) is 21.5 Å². The second-order valence-corrected chi connectivity index (χ2v) is 10.8. The minimum atomic E-state index is -3.70. The predicted molar refractivity (Wildman–Crippen MR) is 134 cm³/mol. The molecule has 0 aliphatic carbocycles. The molecule has 178 valence electrons. The van der Waals surface area contributed by atoms with Crippen LogP contribution in [-0.4, -0.2) is 56.8 Å². The fourth-order valence-corrected chi connectivity index (χ4v) is 5.72. The molecule has 1 N–H and O–H groups in total. The lowest BCUT2D eigenvalue weighted by Gasteiger charge is -2.28. The van der Waals surface area contributed by atoms with E-state index in [0.717, 1.165) is 12.0 Å². The molecule has 1 aliphatic heterocycles. The van der Waals surface area contributed by atoms with Gasteiger partial charge in [0.05, 0.1) is 4.90 Å². The normalized spacial score (nSPS) is 15.0. The standard InChI is InChI=1S/C27H31N3O3S/c1-29(2)25(17-21-9-4-3-5-10-21)19-28-27(31)23-13-8-14-26(18-23)34(32,33)30-16-15-22-11-6-7-12-24(22)20-30/h3-14,18,25H,15-17,19-20H2,1-2H3,(H,28,31). The number of benzene rings is 3. The van der Waals surface area contributed by atoms with Gasteiger partial charge in [-0.2, -0.15) is 4.31 Å². The molecule has 0 bridgehead atoms. The number of fused-ring (bicyclic) bond motifs is 1. The summed E-state index contributed by atoms with van der Waals surface area (Å²) in [6.07, 6.45) is 1.49. The Balaban J connectivity index is 1.44. The zero-order valence-electron chi connectivity index (χ0n) is 19.6.